The molecule has 0 atom stereocenters. The van der Waals surface area contributed by atoms with Crippen LogP contribution in [0.2, 0.25) is 0 Å². The van der Waals surface area contributed by atoms with Gasteiger partial charge in [-0.25, -0.2) is 0 Å². The van der Waals surface area contributed by atoms with E-state index in [1.807, 2.05) is 60.3 Å². The summed E-state index contributed by atoms with van der Waals surface area (Å²) >= 11 is 4.94. The summed E-state index contributed by atoms with van der Waals surface area (Å²) < 4.78 is 8.62. The average Bonchev–Trinajstić information content (AvgIpc) is 3.22. The first-order valence-electron chi connectivity index (χ1n) is 8.27. The Morgan fingerprint density at radius 2 is 2.08 bits per heavy atom. The normalized spacial score (nSPS) is 10.7. The molecule has 1 N–H and O–H groups in total. The third kappa shape index (κ3) is 4.53. The van der Waals surface area contributed by atoms with Crippen LogP contribution < -0.4 is 10.1 Å². The second-order valence-corrected chi connectivity index (χ2v) is 7.59. The van der Waals surface area contributed by atoms with Crippen LogP contribution in [0.4, 0.5) is 0 Å². The molecule has 1 aromatic carbocycles. The number of nitrogens with one attached hydrogen (secondary N) is 1. The first-order chi connectivity index (χ1) is 12.5. The van der Waals surface area contributed by atoms with Crippen molar-refractivity contribution in [1.29, 1.82) is 0 Å². The third-order valence-electron chi connectivity index (χ3n) is 3.93. The number of thiophene rings is 1. The van der Waals surface area contributed by atoms with Gasteiger partial charge in [-0.3, -0.25) is 9.48 Å². The van der Waals surface area contributed by atoms with Crippen molar-refractivity contribution in [3.05, 3.63) is 68.1 Å². The van der Waals surface area contributed by atoms with Crippen LogP contribution in [0.25, 0.3) is 0 Å². The lowest BCUT2D eigenvalue weighted by molar-refractivity contribution is 0.0956. The zero-order chi connectivity index (χ0) is 18.5. The van der Waals surface area contributed by atoms with Crippen LogP contribution in [0.5, 0.6) is 5.75 Å². The van der Waals surface area contributed by atoms with Crippen LogP contribution in [-0.2, 0) is 13.2 Å². The van der Waals surface area contributed by atoms with Gasteiger partial charge < -0.3 is 10.1 Å². The van der Waals surface area contributed by atoms with Crippen molar-refractivity contribution >= 4 is 33.2 Å². The summed E-state index contributed by atoms with van der Waals surface area (Å²) in [5.74, 6) is 0.752. The molecule has 136 valence electrons. The molecule has 0 unspecified atom stereocenters. The zero-order valence-corrected chi connectivity index (χ0v) is 17.1. The number of carbonyl (C=O) groups excluding carboxylic acids is 1. The van der Waals surface area contributed by atoms with Gasteiger partial charge in [-0.05, 0) is 53.4 Å². The first-order valence-corrected chi connectivity index (χ1v) is 9.95. The lowest BCUT2D eigenvalue weighted by Gasteiger charge is -2.06. The number of aromatic nitrogens is 2. The van der Waals surface area contributed by atoms with Gasteiger partial charge in [0.25, 0.3) is 5.91 Å². The van der Waals surface area contributed by atoms with Crippen molar-refractivity contribution in [2.75, 3.05) is 6.54 Å². The molecule has 1 amide bonds. The molecule has 0 radical (unpaired) electrons. The molecule has 0 aliphatic carbocycles. The minimum Gasteiger partial charge on any atom is -0.489 e. The maximum atomic E-state index is 12.3. The van der Waals surface area contributed by atoms with E-state index in [-0.39, 0.29) is 5.91 Å². The summed E-state index contributed by atoms with van der Waals surface area (Å²) in [5, 5.41) is 9.34. The molecule has 0 fully saturated rings. The van der Waals surface area contributed by atoms with Crippen LogP contribution in [0.3, 0.4) is 0 Å². The van der Waals surface area contributed by atoms with E-state index in [0.29, 0.717) is 24.6 Å². The molecular formula is C19H20BrN3O2S. The molecule has 2 aromatic heterocycles. The van der Waals surface area contributed by atoms with Crippen LogP contribution in [0.1, 0.15) is 26.6 Å². The van der Waals surface area contributed by atoms with Crippen molar-refractivity contribution in [2.24, 2.45) is 0 Å². The molecule has 7 heteroatoms. The lowest BCUT2D eigenvalue weighted by atomic mass is 10.3. The molecule has 0 saturated carbocycles. The van der Waals surface area contributed by atoms with Crippen LogP contribution in [0, 0.1) is 13.8 Å². The molecule has 3 rings (SSSR count). The highest BCUT2D eigenvalue weighted by Crippen LogP contribution is 2.20. The van der Waals surface area contributed by atoms with Crippen LogP contribution in [0.15, 0.2) is 46.3 Å². The van der Waals surface area contributed by atoms with Gasteiger partial charge in [-0.1, -0.05) is 18.2 Å². The predicted octanol–water partition coefficient (Wildman–Crippen LogP) is 4.33. The van der Waals surface area contributed by atoms with Gasteiger partial charge in [0, 0.05) is 17.8 Å². The van der Waals surface area contributed by atoms with Crippen LogP contribution >= 0.6 is 27.3 Å². The number of hydrogen-bond acceptors (Lipinski definition) is 4. The average molecular weight is 434 g/mol. The Morgan fingerprint density at radius 3 is 2.77 bits per heavy atom. The van der Waals surface area contributed by atoms with Gasteiger partial charge in [-0.2, -0.15) is 5.10 Å². The smallest absolute Gasteiger partial charge is 0.261 e. The number of para-hydroxylation sites is 1. The van der Waals surface area contributed by atoms with Crippen molar-refractivity contribution in [3.8, 4) is 5.75 Å². The van der Waals surface area contributed by atoms with Crippen molar-refractivity contribution in [3.63, 3.8) is 0 Å². The number of nitrogens with zero attached hydrogens (tertiary/aromatic N) is 2. The van der Waals surface area contributed by atoms with E-state index in [1.54, 1.807) is 0 Å². The van der Waals surface area contributed by atoms with E-state index < -0.39 is 0 Å². The highest BCUT2D eigenvalue weighted by molar-refractivity contribution is 9.10. The zero-order valence-electron chi connectivity index (χ0n) is 14.7. The molecule has 0 aliphatic rings. The number of aryl methyl sites for hydroxylation is 1. The van der Waals surface area contributed by atoms with Gasteiger partial charge in [0.05, 0.1) is 21.6 Å². The van der Waals surface area contributed by atoms with E-state index in [9.17, 15) is 4.79 Å². The Hall–Kier alpha value is -2.12. The van der Waals surface area contributed by atoms with Gasteiger partial charge in [0.2, 0.25) is 0 Å². The number of benzene rings is 1. The van der Waals surface area contributed by atoms with Crippen molar-refractivity contribution in [2.45, 2.75) is 27.0 Å². The Balaban J connectivity index is 1.49. The lowest BCUT2D eigenvalue weighted by Crippen LogP contribution is -2.27. The third-order valence-corrected chi connectivity index (χ3v) is 6.05. The fraction of sp³-hybridized carbons (Fsp3) is 0.263. The molecule has 0 spiro atoms. The summed E-state index contributed by atoms with van der Waals surface area (Å²) in [6.45, 7) is 5.58. The fourth-order valence-electron chi connectivity index (χ4n) is 2.51. The van der Waals surface area contributed by atoms with Gasteiger partial charge in [-0.15, -0.1) is 11.3 Å². The SMILES string of the molecule is Cc1nn(CCNC(=O)c2cc(COc3ccccc3)cs2)c(C)c1Br. The topological polar surface area (TPSA) is 56.2 Å². The molecular weight excluding hydrogens is 414 g/mol. The second kappa shape index (κ2) is 8.51. The van der Waals surface area contributed by atoms with Gasteiger partial charge in [0.15, 0.2) is 0 Å². The predicted molar refractivity (Wildman–Crippen MR) is 107 cm³/mol. The number of carbonyl (C=O) groups is 1. The summed E-state index contributed by atoms with van der Waals surface area (Å²) in [4.78, 5) is 13.0. The van der Waals surface area contributed by atoms with E-state index >= 15 is 0 Å². The first kappa shape index (κ1) is 18.7. The quantitative estimate of drug-likeness (QED) is 0.602. The number of amides is 1. The molecule has 0 aliphatic heterocycles. The number of rotatable bonds is 7. The fourth-order valence-corrected chi connectivity index (χ4v) is 3.61. The molecule has 0 saturated heterocycles. The highest BCUT2D eigenvalue weighted by Gasteiger charge is 2.11. The minimum atomic E-state index is -0.0680. The van der Waals surface area contributed by atoms with Crippen molar-refractivity contribution in [1.82, 2.24) is 15.1 Å². The monoisotopic (exact) mass is 433 g/mol. The summed E-state index contributed by atoms with van der Waals surface area (Å²) in [7, 11) is 0. The number of halogens is 1. The second-order valence-electron chi connectivity index (χ2n) is 5.88. The van der Waals surface area contributed by atoms with E-state index in [1.165, 1.54) is 11.3 Å². The van der Waals surface area contributed by atoms with Crippen molar-refractivity contribution < 1.29 is 9.53 Å². The summed E-state index contributed by atoms with van der Waals surface area (Å²) in [5.41, 5.74) is 3.01. The van der Waals surface area contributed by atoms with Crippen LogP contribution in [-0.4, -0.2) is 22.2 Å². The van der Waals surface area contributed by atoms with Gasteiger partial charge in [0.1, 0.15) is 12.4 Å². The molecule has 0 bridgehead atoms. The molecule has 2 heterocycles. The maximum Gasteiger partial charge on any atom is 0.261 e. The Labute approximate surface area is 165 Å². The molecule has 5 nitrogen and oxygen atoms in total. The largest absolute Gasteiger partial charge is 0.489 e. The van der Waals surface area contributed by atoms with Gasteiger partial charge >= 0.3 is 0 Å². The summed E-state index contributed by atoms with van der Waals surface area (Å²) in [6, 6.07) is 11.5. The minimum absolute atomic E-state index is 0.0680. The highest BCUT2D eigenvalue weighted by atomic mass is 79.9. The Morgan fingerprint density at radius 1 is 1.31 bits per heavy atom. The van der Waals surface area contributed by atoms with E-state index in [0.717, 1.165) is 27.2 Å². The number of hydrogen-bond donors (Lipinski definition) is 1. The summed E-state index contributed by atoms with van der Waals surface area (Å²) in [6.07, 6.45) is 0. The van der Waals surface area contributed by atoms with E-state index in [4.69, 9.17) is 4.74 Å². The number of ether oxygens (including phenoxy) is 1. The van der Waals surface area contributed by atoms with E-state index in [2.05, 4.69) is 26.3 Å². The standard InChI is InChI=1S/C19H20BrN3O2S/c1-13-18(20)14(2)23(22-13)9-8-21-19(24)17-10-15(12-26-17)11-25-16-6-4-3-5-7-16/h3-7,10,12H,8-9,11H2,1-2H3,(H,21,24). The molecule has 26 heavy (non-hydrogen) atoms. The Bertz CT molecular complexity index is 890. The molecule has 3 aromatic rings. The maximum absolute atomic E-state index is 12.3. The Kier molecular flexibility index (Phi) is 6.11.